The topological polar surface area (TPSA) is 75.7 Å². The molecule has 0 radical (unpaired) electrons. The van der Waals surface area contributed by atoms with Crippen molar-refractivity contribution in [2.75, 3.05) is 18.0 Å². The van der Waals surface area contributed by atoms with Gasteiger partial charge in [-0.1, -0.05) is 11.6 Å². The van der Waals surface area contributed by atoms with Crippen molar-refractivity contribution in [3.63, 3.8) is 0 Å². The summed E-state index contributed by atoms with van der Waals surface area (Å²) in [6.45, 7) is 3.75. The van der Waals surface area contributed by atoms with E-state index >= 15 is 0 Å². The molecule has 0 aromatic carbocycles. The highest BCUT2D eigenvalue weighted by atomic mass is 35.5. The Hall–Kier alpha value is -2.54. The minimum Gasteiger partial charge on any atom is -0.465 e. The number of furan rings is 1. The van der Waals surface area contributed by atoms with Crippen molar-refractivity contribution in [3.8, 4) is 0 Å². The predicted molar refractivity (Wildman–Crippen MR) is 98.2 cm³/mol. The van der Waals surface area contributed by atoms with Crippen LogP contribution >= 0.6 is 11.6 Å². The number of fused-ring (bicyclic) bond motifs is 1. The monoisotopic (exact) mass is 373 g/mol. The minimum absolute atomic E-state index is 0.0376. The Bertz CT molecular complexity index is 935. The molecule has 1 amide bonds. The third-order valence-electron chi connectivity index (χ3n) is 4.66. The lowest BCUT2D eigenvalue weighted by Gasteiger charge is -2.31. The number of aryl methyl sites for hydroxylation is 1. The number of hydrogen-bond donors (Lipinski definition) is 1. The van der Waals surface area contributed by atoms with Crippen LogP contribution in [0, 0.1) is 12.8 Å². The fraction of sp³-hybridized carbons (Fsp3) is 0.389. The van der Waals surface area contributed by atoms with E-state index in [4.69, 9.17) is 16.0 Å². The summed E-state index contributed by atoms with van der Waals surface area (Å²) in [7, 11) is 0. The smallest absolute Gasteiger partial charge is 0.231 e. The van der Waals surface area contributed by atoms with Gasteiger partial charge < -0.3 is 14.6 Å². The van der Waals surface area contributed by atoms with Gasteiger partial charge >= 0.3 is 0 Å². The van der Waals surface area contributed by atoms with Crippen LogP contribution in [0.4, 0.5) is 5.95 Å². The van der Waals surface area contributed by atoms with Gasteiger partial charge in [-0.3, -0.25) is 9.20 Å². The zero-order valence-corrected chi connectivity index (χ0v) is 15.2. The summed E-state index contributed by atoms with van der Waals surface area (Å²) in [4.78, 5) is 14.7. The number of hydrogen-bond acceptors (Lipinski definition) is 5. The molecular weight excluding hydrogens is 354 g/mol. The quantitative estimate of drug-likeness (QED) is 0.761. The van der Waals surface area contributed by atoms with E-state index in [1.807, 2.05) is 29.5 Å². The van der Waals surface area contributed by atoms with E-state index in [0.717, 1.165) is 42.5 Å². The van der Waals surface area contributed by atoms with E-state index < -0.39 is 0 Å². The third-order valence-corrected chi connectivity index (χ3v) is 4.88. The molecule has 1 N–H and O–H groups in total. The molecule has 0 bridgehead atoms. The molecule has 7 nitrogen and oxygen atoms in total. The van der Waals surface area contributed by atoms with Crippen LogP contribution in [-0.2, 0) is 11.3 Å². The van der Waals surface area contributed by atoms with E-state index in [-0.39, 0.29) is 11.8 Å². The molecule has 1 fully saturated rings. The van der Waals surface area contributed by atoms with Gasteiger partial charge in [0.05, 0.1) is 17.5 Å². The summed E-state index contributed by atoms with van der Waals surface area (Å²) >= 11 is 6.10. The number of carbonyl (C=O) groups excluding carboxylic acids is 1. The normalized spacial score (nSPS) is 17.6. The first-order valence-corrected chi connectivity index (χ1v) is 9.06. The van der Waals surface area contributed by atoms with Crippen molar-refractivity contribution in [1.29, 1.82) is 0 Å². The van der Waals surface area contributed by atoms with E-state index in [2.05, 4.69) is 20.4 Å². The summed E-state index contributed by atoms with van der Waals surface area (Å²) in [5.74, 6) is 2.28. The number of halogens is 1. The Kier molecular flexibility index (Phi) is 4.55. The Morgan fingerprint density at radius 3 is 3.04 bits per heavy atom. The molecule has 1 atom stereocenters. The van der Waals surface area contributed by atoms with Crippen molar-refractivity contribution < 1.29 is 9.21 Å². The first kappa shape index (κ1) is 16.9. The molecule has 1 aliphatic rings. The molecule has 4 rings (SSSR count). The second-order valence-electron chi connectivity index (χ2n) is 6.59. The lowest BCUT2D eigenvalue weighted by molar-refractivity contribution is -0.125. The molecule has 1 saturated heterocycles. The molecule has 0 unspecified atom stereocenters. The zero-order valence-electron chi connectivity index (χ0n) is 14.5. The van der Waals surface area contributed by atoms with Crippen molar-refractivity contribution >= 4 is 29.1 Å². The number of carbonyl (C=O) groups is 1. The van der Waals surface area contributed by atoms with Crippen molar-refractivity contribution in [3.05, 3.63) is 47.0 Å². The number of aromatic nitrogens is 3. The summed E-state index contributed by atoms with van der Waals surface area (Å²) in [6.07, 6.45) is 3.58. The fourth-order valence-electron chi connectivity index (χ4n) is 3.34. The molecule has 1 aliphatic heterocycles. The molecule has 4 heterocycles. The van der Waals surface area contributed by atoms with Gasteiger partial charge in [0.1, 0.15) is 11.5 Å². The van der Waals surface area contributed by atoms with Gasteiger partial charge in [0.15, 0.2) is 5.65 Å². The van der Waals surface area contributed by atoms with Gasteiger partial charge in [-0.15, -0.1) is 10.2 Å². The number of piperidine rings is 1. The van der Waals surface area contributed by atoms with Gasteiger partial charge in [0.2, 0.25) is 11.9 Å². The fourth-order valence-corrected chi connectivity index (χ4v) is 3.50. The van der Waals surface area contributed by atoms with E-state index in [1.165, 1.54) is 0 Å². The van der Waals surface area contributed by atoms with Gasteiger partial charge in [0.25, 0.3) is 0 Å². The lowest BCUT2D eigenvalue weighted by atomic mass is 9.97. The van der Waals surface area contributed by atoms with Gasteiger partial charge in [-0.05, 0) is 44.0 Å². The van der Waals surface area contributed by atoms with Gasteiger partial charge in [-0.25, -0.2) is 0 Å². The molecule has 3 aromatic heterocycles. The van der Waals surface area contributed by atoms with E-state index in [9.17, 15) is 4.79 Å². The molecule has 26 heavy (non-hydrogen) atoms. The molecule has 0 saturated carbocycles. The van der Waals surface area contributed by atoms with Crippen LogP contribution in [0.15, 0.2) is 34.9 Å². The first-order valence-electron chi connectivity index (χ1n) is 8.68. The Morgan fingerprint density at radius 1 is 1.35 bits per heavy atom. The molecule has 0 aliphatic carbocycles. The molecule has 136 valence electrons. The second kappa shape index (κ2) is 6.99. The van der Waals surface area contributed by atoms with Crippen molar-refractivity contribution in [2.24, 2.45) is 5.92 Å². The Balaban J connectivity index is 1.44. The van der Waals surface area contributed by atoms with Crippen molar-refractivity contribution in [2.45, 2.75) is 26.3 Å². The maximum absolute atomic E-state index is 12.6. The average Bonchev–Trinajstić information content (AvgIpc) is 3.25. The second-order valence-corrected chi connectivity index (χ2v) is 7.03. The standard InChI is InChI=1S/C18H20ClN5O2/c1-12-4-6-15(26-12)9-20-17(25)13-3-2-8-23(10-13)18-22-21-16-7-5-14(19)11-24(16)18/h4-7,11,13H,2-3,8-10H2,1H3,(H,20,25)/t13-/m1/s1. The largest absolute Gasteiger partial charge is 0.465 e. The number of rotatable bonds is 4. The van der Waals surface area contributed by atoms with Crippen LogP contribution in [0.2, 0.25) is 5.02 Å². The molecule has 0 spiro atoms. The van der Waals surface area contributed by atoms with Gasteiger partial charge in [0, 0.05) is 19.3 Å². The summed E-state index contributed by atoms with van der Waals surface area (Å²) in [6, 6.07) is 7.40. The number of amides is 1. The molecular formula is C18H20ClN5O2. The average molecular weight is 374 g/mol. The van der Waals surface area contributed by atoms with Crippen LogP contribution in [0.1, 0.15) is 24.4 Å². The van der Waals surface area contributed by atoms with Gasteiger partial charge in [-0.2, -0.15) is 0 Å². The number of pyridine rings is 1. The highest BCUT2D eigenvalue weighted by Crippen LogP contribution is 2.24. The third kappa shape index (κ3) is 3.39. The number of nitrogens with zero attached hydrogens (tertiary/aromatic N) is 4. The first-order chi connectivity index (χ1) is 12.6. The van der Waals surface area contributed by atoms with E-state index in [0.29, 0.717) is 18.1 Å². The number of nitrogens with one attached hydrogen (secondary N) is 1. The highest BCUT2D eigenvalue weighted by Gasteiger charge is 2.28. The van der Waals surface area contributed by atoms with Crippen molar-refractivity contribution in [1.82, 2.24) is 19.9 Å². The summed E-state index contributed by atoms with van der Waals surface area (Å²) in [5, 5.41) is 12.1. The maximum Gasteiger partial charge on any atom is 0.231 e. The lowest BCUT2D eigenvalue weighted by Crippen LogP contribution is -2.43. The maximum atomic E-state index is 12.6. The van der Waals surface area contributed by atoms with Crippen LogP contribution in [0.25, 0.3) is 5.65 Å². The predicted octanol–water partition coefficient (Wildman–Crippen LogP) is 2.82. The Morgan fingerprint density at radius 2 is 2.23 bits per heavy atom. The molecule has 8 heteroatoms. The van der Waals surface area contributed by atoms with E-state index in [1.54, 1.807) is 12.3 Å². The van der Waals surface area contributed by atoms with Crippen LogP contribution in [0.3, 0.4) is 0 Å². The highest BCUT2D eigenvalue weighted by molar-refractivity contribution is 6.30. The SMILES string of the molecule is Cc1ccc(CNC(=O)[C@@H]2CCCN(c3nnc4ccc(Cl)cn34)C2)o1. The van der Waals surface area contributed by atoms with Crippen LogP contribution in [-0.4, -0.2) is 33.6 Å². The minimum atomic E-state index is -0.0913. The van der Waals surface area contributed by atoms with Crippen LogP contribution < -0.4 is 10.2 Å². The summed E-state index contributed by atoms with van der Waals surface area (Å²) < 4.78 is 7.37. The zero-order chi connectivity index (χ0) is 18.1. The number of anilines is 1. The summed E-state index contributed by atoms with van der Waals surface area (Å²) in [5.41, 5.74) is 0.740. The Labute approximate surface area is 155 Å². The van der Waals surface area contributed by atoms with Crippen LogP contribution in [0.5, 0.6) is 0 Å². The molecule has 3 aromatic rings.